The molecule has 0 atom stereocenters. The van der Waals surface area contributed by atoms with Crippen LogP contribution in [0.5, 0.6) is 0 Å². The fraction of sp³-hybridized carbons (Fsp3) is 0. The lowest BCUT2D eigenvalue weighted by molar-refractivity contribution is 0.210. The highest BCUT2D eigenvalue weighted by atomic mass is 127. The van der Waals surface area contributed by atoms with Gasteiger partial charge < -0.3 is 5.11 Å². The number of carboxylic acid groups (broad SMARTS) is 1. The van der Waals surface area contributed by atoms with Crippen LogP contribution in [-0.4, -0.2) is 11.2 Å². The van der Waals surface area contributed by atoms with E-state index < -0.39 is 6.09 Å². The summed E-state index contributed by atoms with van der Waals surface area (Å²) in [4.78, 5) is 10.1. The second kappa shape index (κ2) is 3.20. The number of thiophene rings is 1. The van der Waals surface area contributed by atoms with Gasteiger partial charge in [0.25, 0.3) is 0 Å². The third-order valence-electron chi connectivity index (χ3n) is 0.838. The second-order valence-corrected chi connectivity index (χ2v) is 3.61. The van der Waals surface area contributed by atoms with Gasteiger partial charge in [-0.25, -0.2) is 4.79 Å². The number of nitrogens with one attached hydrogen (secondary N) is 1. The molecule has 0 aliphatic carbocycles. The molecule has 1 rings (SSSR count). The Morgan fingerprint density at radius 2 is 2.50 bits per heavy atom. The van der Waals surface area contributed by atoms with Gasteiger partial charge in [0.1, 0.15) is 5.00 Å². The molecule has 0 aliphatic rings. The van der Waals surface area contributed by atoms with E-state index in [4.69, 9.17) is 5.11 Å². The third-order valence-corrected chi connectivity index (χ3v) is 2.93. The van der Waals surface area contributed by atoms with Crippen molar-refractivity contribution in [3.8, 4) is 0 Å². The van der Waals surface area contributed by atoms with E-state index in [-0.39, 0.29) is 0 Å². The predicted molar refractivity (Wildman–Crippen MR) is 48.7 cm³/mol. The van der Waals surface area contributed by atoms with Crippen molar-refractivity contribution in [1.29, 1.82) is 0 Å². The average molecular weight is 269 g/mol. The van der Waals surface area contributed by atoms with Gasteiger partial charge in [-0.15, -0.1) is 11.3 Å². The van der Waals surface area contributed by atoms with Crippen molar-refractivity contribution in [3.05, 3.63) is 15.0 Å². The molecule has 0 spiro atoms. The Morgan fingerprint density at radius 1 is 1.80 bits per heavy atom. The highest BCUT2D eigenvalue weighted by Gasteiger charge is 2.02. The minimum atomic E-state index is -1.01. The van der Waals surface area contributed by atoms with E-state index in [1.165, 1.54) is 11.3 Å². The van der Waals surface area contributed by atoms with Crippen LogP contribution >= 0.6 is 33.9 Å². The molecule has 1 aromatic heterocycles. The SMILES string of the molecule is O=C(O)Nc1sccc1I. The first-order valence-electron chi connectivity index (χ1n) is 2.43. The zero-order valence-electron chi connectivity index (χ0n) is 4.80. The average Bonchev–Trinajstić information content (AvgIpc) is 2.15. The fourth-order valence-electron chi connectivity index (χ4n) is 0.480. The summed E-state index contributed by atoms with van der Waals surface area (Å²) < 4.78 is 0.935. The van der Waals surface area contributed by atoms with Crippen LogP contribution in [0.3, 0.4) is 0 Å². The van der Waals surface area contributed by atoms with E-state index in [0.717, 1.165) is 3.57 Å². The number of hydrogen-bond donors (Lipinski definition) is 2. The van der Waals surface area contributed by atoms with Gasteiger partial charge in [0.05, 0.1) is 0 Å². The van der Waals surface area contributed by atoms with Gasteiger partial charge in [0, 0.05) is 3.57 Å². The molecule has 0 fully saturated rings. The van der Waals surface area contributed by atoms with Crippen LogP contribution in [0.25, 0.3) is 0 Å². The molecule has 54 valence electrons. The number of rotatable bonds is 1. The molecule has 2 N–H and O–H groups in total. The van der Waals surface area contributed by atoms with Crippen LogP contribution in [0.15, 0.2) is 11.4 Å². The molecule has 0 aromatic carbocycles. The van der Waals surface area contributed by atoms with Crippen LogP contribution in [-0.2, 0) is 0 Å². The number of anilines is 1. The van der Waals surface area contributed by atoms with E-state index in [0.29, 0.717) is 5.00 Å². The van der Waals surface area contributed by atoms with Crippen LogP contribution in [0.1, 0.15) is 0 Å². The van der Waals surface area contributed by atoms with Crippen molar-refractivity contribution in [2.75, 3.05) is 5.32 Å². The topological polar surface area (TPSA) is 49.3 Å². The van der Waals surface area contributed by atoms with Crippen molar-refractivity contribution in [2.45, 2.75) is 0 Å². The van der Waals surface area contributed by atoms with E-state index >= 15 is 0 Å². The van der Waals surface area contributed by atoms with E-state index in [1.54, 1.807) is 0 Å². The van der Waals surface area contributed by atoms with Gasteiger partial charge >= 0.3 is 6.09 Å². The minimum absolute atomic E-state index is 0.688. The van der Waals surface area contributed by atoms with Gasteiger partial charge in [0.15, 0.2) is 0 Å². The van der Waals surface area contributed by atoms with Gasteiger partial charge in [0.2, 0.25) is 0 Å². The third kappa shape index (κ3) is 1.84. The lowest BCUT2D eigenvalue weighted by atomic mass is 10.6. The van der Waals surface area contributed by atoms with Crippen molar-refractivity contribution in [1.82, 2.24) is 0 Å². The largest absolute Gasteiger partial charge is 0.465 e. The Morgan fingerprint density at radius 3 is 2.90 bits per heavy atom. The number of hydrogen-bond acceptors (Lipinski definition) is 2. The molecule has 10 heavy (non-hydrogen) atoms. The molecule has 3 nitrogen and oxygen atoms in total. The Kier molecular flexibility index (Phi) is 2.50. The first-order chi connectivity index (χ1) is 4.70. The summed E-state index contributed by atoms with van der Waals surface area (Å²) in [6.07, 6.45) is -1.01. The summed E-state index contributed by atoms with van der Waals surface area (Å²) in [5.74, 6) is 0. The molecule has 0 unspecified atom stereocenters. The van der Waals surface area contributed by atoms with E-state index in [9.17, 15) is 4.79 Å². The first kappa shape index (κ1) is 7.80. The molecular weight excluding hydrogens is 265 g/mol. The van der Waals surface area contributed by atoms with Crippen LogP contribution < -0.4 is 5.32 Å². The lowest BCUT2D eigenvalue weighted by Crippen LogP contribution is -2.06. The zero-order chi connectivity index (χ0) is 7.56. The maximum atomic E-state index is 10.1. The molecule has 1 heterocycles. The second-order valence-electron chi connectivity index (χ2n) is 1.53. The number of halogens is 1. The standard InChI is InChI=1S/C5H4INO2S/c6-3-1-2-10-4(3)7-5(8)9/h1-2,7H,(H,8,9). The van der Waals surface area contributed by atoms with E-state index in [1.807, 2.05) is 11.4 Å². The quantitative estimate of drug-likeness (QED) is 0.769. The monoisotopic (exact) mass is 269 g/mol. The molecule has 1 aromatic rings. The van der Waals surface area contributed by atoms with Crippen LogP contribution in [0, 0.1) is 3.57 Å². The zero-order valence-corrected chi connectivity index (χ0v) is 7.77. The summed E-state index contributed by atoms with van der Waals surface area (Å²) >= 11 is 3.45. The number of amides is 1. The summed E-state index contributed by atoms with van der Waals surface area (Å²) in [6, 6.07) is 1.86. The summed E-state index contributed by atoms with van der Waals surface area (Å²) in [5, 5.41) is 13.1. The Labute approximate surface area is 75.2 Å². The molecule has 0 aliphatic heterocycles. The summed E-state index contributed by atoms with van der Waals surface area (Å²) in [6.45, 7) is 0. The van der Waals surface area contributed by atoms with Crippen LogP contribution in [0.2, 0.25) is 0 Å². The molecule has 1 amide bonds. The first-order valence-corrected chi connectivity index (χ1v) is 4.39. The predicted octanol–water partition coefficient (Wildman–Crippen LogP) is 2.44. The Balaban J connectivity index is 2.74. The van der Waals surface area contributed by atoms with Gasteiger partial charge in [-0.1, -0.05) is 0 Å². The van der Waals surface area contributed by atoms with E-state index in [2.05, 4.69) is 27.9 Å². The Hall–Kier alpha value is -0.300. The van der Waals surface area contributed by atoms with Gasteiger partial charge in [-0.2, -0.15) is 0 Å². The maximum Gasteiger partial charge on any atom is 0.409 e. The Bertz CT molecular complexity index is 248. The molecule has 0 bridgehead atoms. The normalized spacial score (nSPS) is 9.30. The maximum absolute atomic E-state index is 10.1. The smallest absolute Gasteiger partial charge is 0.409 e. The van der Waals surface area contributed by atoms with Gasteiger partial charge in [-0.05, 0) is 34.0 Å². The molecule has 0 radical (unpaired) electrons. The lowest BCUT2D eigenvalue weighted by Gasteiger charge is -1.94. The highest BCUT2D eigenvalue weighted by molar-refractivity contribution is 14.1. The molecule has 0 saturated carbocycles. The molecule has 5 heteroatoms. The van der Waals surface area contributed by atoms with Crippen molar-refractivity contribution >= 4 is 45.0 Å². The number of carbonyl (C=O) groups is 1. The highest BCUT2D eigenvalue weighted by Crippen LogP contribution is 2.24. The van der Waals surface area contributed by atoms with Gasteiger partial charge in [-0.3, -0.25) is 5.32 Å². The summed E-state index contributed by atoms with van der Waals surface area (Å²) in [5.41, 5.74) is 0. The molecular formula is C5H4INO2S. The minimum Gasteiger partial charge on any atom is -0.465 e. The molecule has 0 saturated heterocycles. The van der Waals surface area contributed by atoms with Crippen molar-refractivity contribution < 1.29 is 9.90 Å². The summed E-state index contributed by atoms with van der Waals surface area (Å²) in [7, 11) is 0. The van der Waals surface area contributed by atoms with Crippen molar-refractivity contribution in [3.63, 3.8) is 0 Å². The van der Waals surface area contributed by atoms with Crippen LogP contribution in [0.4, 0.5) is 9.80 Å². The van der Waals surface area contributed by atoms with Crippen molar-refractivity contribution in [2.24, 2.45) is 0 Å². The fourth-order valence-corrected chi connectivity index (χ4v) is 2.09.